The molecule has 0 radical (unpaired) electrons. The largest absolute Gasteiger partial charge is 0.345 e. The summed E-state index contributed by atoms with van der Waals surface area (Å²) in [7, 11) is -3.69. The Labute approximate surface area is 175 Å². The molecule has 5 nitrogen and oxygen atoms in total. The first-order valence-corrected chi connectivity index (χ1v) is 11.4. The topological polar surface area (TPSA) is 66.5 Å². The van der Waals surface area contributed by atoms with Gasteiger partial charge in [0.15, 0.2) is 0 Å². The monoisotopic (exact) mass is 438 g/mol. The number of amides is 1. The number of rotatable bonds is 5. The zero-order chi connectivity index (χ0) is 21.2. The van der Waals surface area contributed by atoms with E-state index in [1.54, 1.807) is 19.1 Å². The predicted molar refractivity (Wildman–Crippen MR) is 111 cm³/mol. The molecule has 1 saturated heterocycles. The Morgan fingerprint density at radius 3 is 2.41 bits per heavy atom. The van der Waals surface area contributed by atoms with Crippen LogP contribution >= 0.6 is 11.6 Å². The summed E-state index contributed by atoms with van der Waals surface area (Å²) in [5.41, 5.74) is 0.814. The zero-order valence-corrected chi connectivity index (χ0v) is 17.9. The lowest BCUT2D eigenvalue weighted by atomic mass is 10.0. The molecule has 3 rings (SSSR count). The van der Waals surface area contributed by atoms with Gasteiger partial charge in [-0.2, -0.15) is 4.31 Å². The number of piperidine rings is 1. The maximum atomic E-state index is 13.1. The Kier molecular flexibility index (Phi) is 6.61. The van der Waals surface area contributed by atoms with Gasteiger partial charge in [0.25, 0.3) is 5.91 Å². The summed E-state index contributed by atoms with van der Waals surface area (Å²) in [5.74, 6) is -0.350. The van der Waals surface area contributed by atoms with Crippen LogP contribution in [0.5, 0.6) is 0 Å². The Morgan fingerprint density at radius 1 is 1.17 bits per heavy atom. The molecule has 1 aliphatic heterocycles. The van der Waals surface area contributed by atoms with E-state index in [0.717, 1.165) is 18.4 Å². The number of benzene rings is 2. The van der Waals surface area contributed by atoms with E-state index in [-0.39, 0.29) is 21.3 Å². The second-order valence-electron chi connectivity index (χ2n) is 7.47. The van der Waals surface area contributed by atoms with Gasteiger partial charge < -0.3 is 5.32 Å². The quantitative estimate of drug-likeness (QED) is 0.752. The van der Waals surface area contributed by atoms with Gasteiger partial charge in [-0.05, 0) is 61.6 Å². The molecule has 1 fully saturated rings. The lowest BCUT2D eigenvalue weighted by Gasteiger charge is -2.29. The lowest BCUT2D eigenvalue weighted by molar-refractivity contribution is 0.0940. The molecule has 2 aromatic rings. The summed E-state index contributed by atoms with van der Waals surface area (Å²) in [6.07, 6.45) is 1.63. The van der Waals surface area contributed by atoms with Gasteiger partial charge in [-0.15, -0.1) is 0 Å². The number of hydrogen-bond donors (Lipinski definition) is 1. The molecular weight excluding hydrogens is 415 g/mol. The third-order valence-corrected chi connectivity index (χ3v) is 7.50. The molecule has 1 amide bonds. The smallest absolute Gasteiger partial charge is 0.253 e. The lowest BCUT2D eigenvalue weighted by Crippen LogP contribution is -2.38. The van der Waals surface area contributed by atoms with Crippen LogP contribution in [0.3, 0.4) is 0 Å². The van der Waals surface area contributed by atoms with Crippen LogP contribution in [-0.2, 0) is 10.0 Å². The van der Waals surface area contributed by atoms with E-state index in [9.17, 15) is 17.6 Å². The molecule has 1 heterocycles. The first kappa shape index (κ1) is 21.7. The fourth-order valence-electron chi connectivity index (χ4n) is 3.32. The van der Waals surface area contributed by atoms with Gasteiger partial charge in [0, 0.05) is 13.1 Å². The number of hydrogen-bond acceptors (Lipinski definition) is 3. The van der Waals surface area contributed by atoms with Gasteiger partial charge >= 0.3 is 0 Å². The van der Waals surface area contributed by atoms with Gasteiger partial charge in [-0.25, -0.2) is 12.8 Å². The Hall–Kier alpha value is -1.96. The predicted octanol–water partition coefficient (Wildman–Crippen LogP) is 4.39. The van der Waals surface area contributed by atoms with Crippen LogP contribution in [0.4, 0.5) is 4.39 Å². The summed E-state index contributed by atoms with van der Waals surface area (Å²) in [4.78, 5) is 12.8. The van der Waals surface area contributed by atoms with Crippen molar-refractivity contribution in [1.29, 1.82) is 0 Å². The minimum Gasteiger partial charge on any atom is -0.345 e. The van der Waals surface area contributed by atoms with Gasteiger partial charge in [0.05, 0.1) is 21.5 Å². The second kappa shape index (κ2) is 8.81. The number of halogens is 2. The van der Waals surface area contributed by atoms with Crippen LogP contribution in [-0.4, -0.2) is 31.7 Å². The summed E-state index contributed by atoms with van der Waals surface area (Å²) < 4.78 is 40.5. The summed E-state index contributed by atoms with van der Waals surface area (Å²) >= 11 is 6.18. The zero-order valence-electron chi connectivity index (χ0n) is 16.4. The molecule has 0 bridgehead atoms. The molecule has 1 aliphatic rings. The first-order chi connectivity index (χ1) is 13.7. The molecule has 0 unspecified atom stereocenters. The summed E-state index contributed by atoms with van der Waals surface area (Å²) in [6.45, 7) is 4.80. The van der Waals surface area contributed by atoms with Crippen molar-refractivity contribution in [2.75, 3.05) is 13.1 Å². The molecular formula is C21H24ClFN2O3S. The van der Waals surface area contributed by atoms with Crippen molar-refractivity contribution in [1.82, 2.24) is 9.62 Å². The molecule has 1 N–H and O–H groups in total. The maximum Gasteiger partial charge on any atom is 0.253 e. The summed E-state index contributed by atoms with van der Waals surface area (Å²) in [5, 5.41) is 2.95. The van der Waals surface area contributed by atoms with Crippen molar-refractivity contribution in [3.63, 3.8) is 0 Å². The minimum absolute atomic E-state index is 0.0519. The van der Waals surface area contributed by atoms with Crippen LogP contribution in [0, 0.1) is 11.7 Å². The second-order valence-corrected chi connectivity index (χ2v) is 9.82. The highest BCUT2D eigenvalue weighted by atomic mass is 35.5. The first-order valence-electron chi connectivity index (χ1n) is 9.54. The third-order valence-electron chi connectivity index (χ3n) is 5.28. The fourth-order valence-corrected chi connectivity index (χ4v) is 5.02. The normalized spacial score (nSPS) is 17.1. The van der Waals surface area contributed by atoms with Crippen LogP contribution in [0.25, 0.3) is 0 Å². The van der Waals surface area contributed by atoms with Crippen molar-refractivity contribution < 1.29 is 17.6 Å². The van der Waals surface area contributed by atoms with Crippen LogP contribution in [0.2, 0.25) is 5.02 Å². The number of carbonyl (C=O) groups is 1. The molecule has 8 heteroatoms. The van der Waals surface area contributed by atoms with Gasteiger partial charge in [-0.3, -0.25) is 4.79 Å². The Balaban J connectivity index is 1.81. The van der Waals surface area contributed by atoms with E-state index in [4.69, 9.17) is 11.6 Å². The van der Waals surface area contributed by atoms with Gasteiger partial charge in [0.1, 0.15) is 5.82 Å². The van der Waals surface area contributed by atoms with E-state index >= 15 is 0 Å². The highest BCUT2D eigenvalue weighted by molar-refractivity contribution is 7.89. The molecule has 29 heavy (non-hydrogen) atoms. The van der Waals surface area contributed by atoms with Crippen molar-refractivity contribution in [3.8, 4) is 0 Å². The standard InChI is InChI=1S/C21H24ClFN2O3S/c1-14-9-11-25(12-10-14)29(27,28)18-7-8-20(22)19(13-18)21(26)24-15(2)16-3-5-17(23)6-4-16/h3-8,13-15H,9-12H2,1-2H3,(H,24,26)/t15-/m0/s1. The van der Waals surface area contributed by atoms with E-state index < -0.39 is 22.0 Å². The van der Waals surface area contributed by atoms with Crippen molar-refractivity contribution in [3.05, 3.63) is 64.4 Å². The maximum absolute atomic E-state index is 13.1. The van der Waals surface area contributed by atoms with E-state index in [1.165, 1.54) is 34.6 Å². The van der Waals surface area contributed by atoms with Crippen molar-refractivity contribution in [2.45, 2.75) is 37.6 Å². The van der Waals surface area contributed by atoms with Crippen molar-refractivity contribution in [2.24, 2.45) is 5.92 Å². The van der Waals surface area contributed by atoms with E-state index in [2.05, 4.69) is 12.2 Å². The summed E-state index contributed by atoms with van der Waals surface area (Å²) in [6, 6.07) is 9.58. The minimum atomic E-state index is -3.69. The average molecular weight is 439 g/mol. The fraction of sp³-hybridized carbons (Fsp3) is 0.381. The molecule has 0 spiro atoms. The average Bonchev–Trinajstić information content (AvgIpc) is 2.68. The molecule has 156 valence electrons. The van der Waals surface area contributed by atoms with Crippen LogP contribution < -0.4 is 5.32 Å². The number of nitrogens with one attached hydrogen (secondary N) is 1. The van der Waals surface area contributed by atoms with E-state index in [0.29, 0.717) is 19.0 Å². The molecule has 1 atom stereocenters. The SMILES string of the molecule is CC1CCN(S(=O)(=O)c2ccc(Cl)c(C(=O)N[C@@H](C)c3ccc(F)cc3)c2)CC1. The number of sulfonamides is 1. The number of nitrogens with zero attached hydrogens (tertiary/aromatic N) is 1. The van der Waals surface area contributed by atoms with Gasteiger partial charge in [-0.1, -0.05) is 30.7 Å². The molecule has 0 aliphatic carbocycles. The van der Waals surface area contributed by atoms with E-state index in [1.807, 2.05) is 0 Å². The molecule has 0 saturated carbocycles. The molecule has 0 aromatic heterocycles. The molecule has 2 aromatic carbocycles. The van der Waals surface area contributed by atoms with Crippen LogP contribution in [0.1, 0.15) is 48.7 Å². The Morgan fingerprint density at radius 2 is 1.79 bits per heavy atom. The highest BCUT2D eigenvalue weighted by Crippen LogP contribution is 2.27. The van der Waals surface area contributed by atoms with Crippen LogP contribution in [0.15, 0.2) is 47.4 Å². The Bertz CT molecular complexity index is 987. The number of carbonyl (C=O) groups excluding carboxylic acids is 1. The third kappa shape index (κ3) is 4.97. The van der Waals surface area contributed by atoms with Gasteiger partial charge in [0.2, 0.25) is 10.0 Å². The highest BCUT2D eigenvalue weighted by Gasteiger charge is 2.29. The van der Waals surface area contributed by atoms with Crippen molar-refractivity contribution >= 4 is 27.5 Å².